The minimum atomic E-state index is -3.29. The van der Waals surface area contributed by atoms with Gasteiger partial charge >= 0.3 is 0 Å². The molecule has 0 saturated carbocycles. The molecule has 2 N–H and O–H groups in total. The Balaban J connectivity index is 1.86. The molecular formula is C17H15N5O2S. The van der Waals surface area contributed by atoms with Gasteiger partial charge in [0.05, 0.1) is 15.9 Å². The molecule has 0 unspecified atom stereocenters. The molecule has 0 bridgehead atoms. The van der Waals surface area contributed by atoms with Crippen LogP contribution in [0.3, 0.4) is 0 Å². The quantitative estimate of drug-likeness (QED) is 0.587. The summed E-state index contributed by atoms with van der Waals surface area (Å²) in [5, 5.41) is 14.8. The predicted molar refractivity (Wildman–Crippen MR) is 96.8 cm³/mol. The normalized spacial score (nSPS) is 11.9. The number of nitrogens with one attached hydrogen (secondary N) is 2. The van der Waals surface area contributed by atoms with E-state index in [9.17, 15) is 8.42 Å². The van der Waals surface area contributed by atoms with E-state index in [4.69, 9.17) is 0 Å². The van der Waals surface area contributed by atoms with Crippen molar-refractivity contribution in [1.29, 1.82) is 0 Å². The number of hydrogen-bond acceptors (Lipinski definition) is 6. The standard InChI is InChI=1S/C17H15N5O2S/c1-10-7-16-17(21-22-20-16)9-15(10)19-14-5-6-18-13-4-3-11(8-12(13)14)25(2,23)24/h3-9H,1-2H3,(H,18,19)(H,20,21,22). The number of aryl methyl sites for hydroxylation is 1. The van der Waals surface area contributed by atoms with E-state index in [0.29, 0.717) is 0 Å². The summed E-state index contributed by atoms with van der Waals surface area (Å²) in [6.45, 7) is 1.97. The van der Waals surface area contributed by atoms with Crippen LogP contribution >= 0.6 is 0 Å². The second-order valence-electron chi connectivity index (χ2n) is 5.93. The van der Waals surface area contributed by atoms with Gasteiger partial charge in [-0.1, -0.05) is 5.21 Å². The first kappa shape index (κ1) is 15.5. The van der Waals surface area contributed by atoms with Crippen molar-refractivity contribution in [2.75, 3.05) is 11.6 Å². The van der Waals surface area contributed by atoms with E-state index in [-0.39, 0.29) is 4.90 Å². The van der Waals surface area contributed by atoms with Gasteiger partial charge in [-0.2, -0.15) is 0 Å². The maximum atomic E-state index is 11.9. The molecule has 0 saturated heterocycles. The highest BCUT2D eigenvalue weighted by atomic mass is 32.2. The average molecular weight is 353 g/mol. The van der Waals surface area contributed by atoms with Crippen molar-refractivity contribution in [3.05, 3.63) is 48.2 Å². The molecule has 4 rings (SSSR count). The minimum absolute atomic E-state index is 0.265. The maximum absolute atomic E-state index is 11.9. The number of fused-ring (bicyclic) bond motifs is 2. The van der Waals surface area contributed by atoms with E-state index >= 15 is 0 Å². The topological polar surface area (TPSA) is 101 Å². The molecule has 126 valence electrons. The van der Waals surface area contributed by atoms with Crippen LogP contribution < -0.4 is 5.32 Å². The maximum Gasteiger partial charge on any atom is 0.175 e. The van der Waals surface area contributed by atoms with E-state index in [1.807, 2.05) is 25.1 Å². The van der Waals surface area contributed by atoms with Crippen LogP contribution in [-0.4, -0.2) is 35.1 Å². The molecule has 4 aromatic rings. The molecule has 0 aliphatic heterocycles. The fraction of sp³-hybridized carbons (Fsp3) is 0.118. The highest BCUT2D eigenvalue weighted by Gasteiger charge is 2.11. The van der Waals surface area contributed by atoms with Gasteiger partial charge in [-0.3, -0.25) is 10.1 Å². The van der Waals surface area contributed by atoms with Gasteiger partial charge in [0.15, 0.2) is 9.84 Å². The Labute approximate surface area is 144 Å². The number of aromatic amines is 1. The number of aromatic nitrogens is 4. The molecule has 2 heterocycles. The fourth-order valence-corrected chi connectivity index (χ4v) is 3.39. The van der Waals surface area contributed by atoms with Crippen molar-refractivity contribution >= 4 is 43.1 Å². The third-order valence-corrected chi connectivity index (χ3v) is 5.19. The van der Waals surface area contributed by atoms with Gasteiger partial charge in [0.2, 0.25) is 0 Å². The first-order valence-electron chi connectivity index (χ1n) is 7.59. The van der Waals surface area contributed by atoms with Crippen LogP contribution in [0.2, 0.25) is 0 Å². The van der Waals surface area contributed by atoms with Crippen LogP contribution in [0.5, 0.6) is 0 Å². The first-order valence-corrected chi connectivity index (χ1v) is 9.48. The van der Waals surface area contributed by atoms with E-state index in [0.717, 1.165) is 38.9 Å². The molecule has 0 radical (unpaired) electrons. The fourth-order valence-electron chi connectivity index (χ4n) is 2.74. The number of sulfone groups is 1. The third-order valence-electron chi connectivity index (χ3n) is 4.08. The van der Waals surface area contributed by atoms with Crippen LogP contribution in [0.15, 0.2) is 47.5 Å². The number of hydrogen-bond donors (Lipinski definition) is 2. The summed E-state index contributed by atoms with van der Waals surface area (Å²) in [6, 6.07) is 10.6. The average Bonchev–Trinajstić information content (AvgIpc) is 3.01. The van der Waals surface area contributed by atoms with Crippen molar-refractivity contribution < 1.29 is 8.42 Å². The summed E-state index contributed by atoms with van der Waals surface area (Å²) in [7, 11) is -3.29. The first-order chi connectivity index (χ1) is 11.9. The lowest BCUT2D eigenvalue weighted by atomic mass is 10.1. The number of pyridine rings is 1. The Morgan fingerprint density at radius 2 is 1.88 bits per heavy atom. The van der Waals surface area contributed by atoms with Crippen LogP contribution in [0.4, 0.5) is 11.4 Å². The third kappa shape index (κ3) is 2.80. The molecule has 0 aliphatic rings. The zero-order valence-corrected chi connectivity index (χ0v) is 14.4. The van der Waals surface area contributed by atoms with Crippen molar-refractivity contribution in [3.63, 3.8) is 0 Å². The molecule has 0 fully saturated rings. The second kappa shape index (κ2) is 5.52. The van der Waals surface area contributed by atoms with Gasteiger partial charge in [-0.05, 0) is 48.9 Å². The Hall–Kier alpha value is -3.00. The van der Waals surface area contributed by atoms with E-state index in [1.165, 1.54) is 6.26 Å². The van der Waals surface area contributed by atoms with Crippen molar-refractivity contribution in [2.45, 2.75) is 11.8 Å². The Morgan fingerprint density at radius 1 is 1.04 bits per heavy atom. The van der Waals surface area contributed by atoms with Gasteiger partial charge < -0.3 is 5.32 Å². The van der Waals surface area contributed by atoms with Gasteiger partial charge in [0.25, 0.3) is 0 Å². The summed E-state index contributed by atoms with van der Waals surface area (Å²) in [4.78, 5) is 4.57. The zero-order chi connectivity index (χ0) is 17.6. The van der Waals surface area contributed by atoms with Crippen LogP contribution in [0, 0.1) is 6.92 Å². The van der Waals surface area contributed by atoms with Crippen molar-refractivity contribution in [2.24, 2.45) is 0 Å². The molecular weight excluding hydrogens is 338 g/mol. The van der Waals surface area contributed by atoms with Crippen LogP contribution in [0.25, 0.3) is 21.9 Å². The summed E-state index contributed by atoms with van der Waals surface area (Å²) in [5.74, 6) is 0. The van der Waals surface area contributed by atoms with Gasteiger partial charge in [-0.25, -0.2) is 8.42 Å². The number of benzene rings is 2. The Bertz CT molecular complexity index is 1210. The molecule has 0 atom stereocenters. The smallest absolute Gasteiger partial charge is 0.175 e. The summed E-state index contributed by atoms with van der Waals surface area (Å²) >= 11 is 0. The highest BCUT2D eigenvalue weighted by molar-refractivity contribution is 7.90. The van der Waals surface area contributed by atoms with E-state index < -0.39 is 9.84 Å². The lowest BCUT2D eigenvalue weighted by Crippen LogP contribution is -1.99. The van der Waals surface area contributed by atoms with Crippen molar-refractivity contribution in [1.82, 2.24) is 20.4 Å². The SMILES string of the molecule is Cc1cc2nn[nH]c2cc1Nc1ccnc2ccc(S(C)(=O)=O)cc12. The van der Waals surface area contributed by atoms with E-state index in [1.54, 1.807) is 24.4 Å². The van der Waals surface area contributed by atoms with Gasteiger partial charge in [-0.15, -0.1) is 5.10 Å². The number of nitrogens with zero attached hydrogens (tertiary/aromatic N) is 3. The summed E-state index contributed by atoms with van der Waals surface area (Å²) < 4.78 is 23.7. The predicted octanol–water partition coefficient (Wildman–Crippen LogP) is 2.96. The highest BCUT2D eigenvalue weighted by Crippen LogP contribution is 2.30. The summed E-state index contributed by atoms with van der Waals surface area (Å²) in [5.41, 5.74) is 5.01. The Morgan fingerprint density at radius 3 is 2.68 bits per heavy atom. The minimum Gasteiger partial charge on any atom is -0.355 e. The number of anilines is 2. The lowest BCUT2D eigenvalue weighted by Gasteiger charge is -2.12. The van der Waals surface area contributed by atoms with Gasteiger partial charge in [0, 0.05) is 29.2 Å². The van der Waals surface area contributed by atoms with Crippen LogP contribution in [0.1, 0.15) is 5.56 Å². The van der Waals surface area contributed by atoms with E-state index in [2.05, 4.69) is 25.7 Å². The molecule has 25 heavy (non-hydrogen) atoms. The molecule has 2 aromatic heterocycles. The van der Waals surface area contributed by atoms with Gasteiger partial charge in [0.1, 0.15) is 5.52 Å². The molecule has 7 nitrogen and oxygen atoms in total. The molecule has 0 spiro atoms. The molecule has 0 aliphatic carbocycles. The molecule has 2 aromatic carbocycles. The van der Waals surface area contributed by atoms with Crippen molar-refractivity contribution in [3.8, 4) is 0 Å². The lowest BCUT2D eigenvalue weighted by molar-refractivity contribution is 0.602. The zero-order valence-electron chi connectivity index (χ0n) is 13.6. The second-order valence-corrected chi connectivity index (χ2v) is 7.95. The van der Waals surface area contributed by atoms with Crippen LogP contribution in [-0.2, 0) is 9.84 Å². The molecule has 0 amide bonds. The largest absolute Gasteiger partial charge is 0.355 e. The number of H-pyrrole nitrogens is 1. The number of rotatable bonds is 3. The molecule has 8 heteroatoms. The monoisotopic (exact) mass is 353 g/mol. The summed E-state index contributed by atoms with van der Waals surface area (Å²) in [6.07, 6.45) is 2.89. The Kier molecular flexibility index (Phi) is 3.43.